The zero-order chi connectivity index (χ0) is 19.2. The van der Waals surface area contributed by atoms with E-state index < -0.39 is 12.0 Å². The molecule has 0 heterocycles. The van der Waals surface area contributed by atoms with Crippen LogP contribution in [0.1, 0.15) is 35.6 Å². The van der Waals surface area contributed by atoms with E-state index in [-0.39, 0.29) is 17.2 Å². The van der Waals surface area contributed by atoms with Crippen LogP contribution in [0.15, 0.2) is 42.5 Å². The van der Waals surface area contributed by atoms with E-state index in [1.54, 1.807) is 12.1 Å². The molecule has 0 bridgehead atoms. The van der Waals surface area contributed by atoms with Crippen LogP contribution in [0.5, 0.6) is 5.75 Å². The Morgan fingerprint density at radius 1 is 1.30 bits per heavy atom. The monoisotopic (exact) mass is 385 g/mol. The number of nitrogens with one attached hydrogen (secondary N) is 1. The highest BCUT2D eigenvalue weighted by Gasteiger charge is 2.61. The average Bonchev–Trinajstić information content (AvgIpc) is 3.28. The number of amides is 1. The summed E-state index contributed by atoms with van der Waals surface area (Å²) in [5.41, 5.74) is 2.83. The number of halogens is 1. The third kappa shape index (κ3) is 2.96. The first-order chi connectivity index (χ1) is 13.0. The molecule has 1 fully saturated rings. The summed E-state index contributed by atoms with van der Waals surface area (Å²) in [5.74, 6) is -1.06. The van der Waals surface area contributed by atoms with Gasteiger partial charge >= 0.3 is 5.97 Å². The fourth-order valence-corrected chi connectivity index (χ4v) is 4.60. The van der Waals surface area contributed by atoms with Gasteiger partial charge < -0.3 is 15.2 Å². The van der Waals surface area contributed by atoms with E-state index >= 15 is 0 Å². The fraction of sp³-hybridized carbons (Fsp3) is 0.333. The minimum atomic E-state index is -1.14. The summed E-state index contributed by atoms with van der Waals surface area (Å²) >= 11 is 6.11. The highest BCUT2D eigenvalue weighted by molar-refractivity contribution is 6.32. The minimum Gasteiger partial charge on any atom is -0.495 e. The van der Waals surface area contributed by atoms with Crippen LogP contribution < -0.4 is 10.1 Å². The molecular formula is C21H20ClNO4. The normalized spacial score (nSPS) is 23.6. The van der Waals surface area contributed by atoms with Gasteiger partial charge in [0.15, 0.2) is 6.04 Å². The lowest BCUT2D eigenvalue weighted by molar-refractivity contribution is -0.142. The molecule has 6 heteroatoms. The Kier molecular flexibility index (Phi) is 4.35. The molecule has 2 aliphatic rings. The van der Waals surface area contributed by atoms with Crippen molar-refractivity contribution in [1.82, 2.24) is 5.32 Å². The Morgan fingerprint density at radius 2 is 2.07 bits per heavy atom. The number of carbonyl (C=O) groups is 2. The third-order valence-corrected chi connectivity index (χ3v) is 6.12. The van der Waals surface area contributed by atoms with Gasteiger partial charge in [-0.25, -0.2) is 4.79 Å². The molecule has 3 unspecified atom stereocenters. The van der Waals surface area contributed by atoms with Crippen molar-refractivity contribution < 1.29 is 19.4 Å². The van der Waals surface area contributed by atoms with E-state index in [4.69, 9.17) is 16.3 Å². The molecule has 4 rings (SSSR count). The summed E-state index contributed by atoms with van der Waals surface area (Å²) < 4.78 is 5.10. The first-order valence-electron chi connectivity index (χ1n) is 8.91. The SMILES string of the molecule is COc1ccc(C(NC(=O)C2CC23CCc2ccccc23)C(=O)O)cc1Cl. The van der Waals surface area contributed by atoms with Crippen LogP contribution in [0.4, 0.5) is 0 Å². The lowest BCUT2D eigenvalue weighted by atomic mass is 9.95. The summed E-state index contributed by atoms with van der Waals surface area (Å²) in [6.45, 7) is 0. The van der Waals surface area contributed by atoms with E-state index in [1.165, 1.54) is 24.3 Å². The number of rotatable bonds is 5. The number of methoxy groups -OCH3 is 1. The Balaban J connectivity index is 1.53. The fourth-order valence-electron chi connectivity index (χ4n) is 4.33. The quantitative estimate of drug-likeness (QED) is 0.826. The number of benzene rings is 2. The highest BCUT2D eigenvalue weighted by Crippen LogP contribution is 2.61. The maximum atomic E-state index is 12.8. The Hall–Kier alpha value is -2.53. The molecule has 2 N–H and O–H groups in total. The highest BCUT2D eigenvalue weighted by atomic mass is 35.5. The van der Waals surface area contributed by atoms with Crippen LogP contribution >= 0.6 is 11.6 Å². The maximum absolute atomic E-state index is 12.8. The maximum Gasteiger partial charge on any atom is 0.330 e. The van der Waals surface area contributed by atoms with Crippen LogP contribution in [0.25, 0.3) is 0 Å². The van der Waals surface area contributed by atoms with E-state index in [1.807, 2.05) is 12.1 Å². The van der Waals surface area contributed by atoms with Gasteiger partial charge in [-0.15, -0.1) is 0 Å². The molecule has 0 aliphatic heterocycles. The van der Waals surface area contributed by atoms with E-state index in [9.17, 15) is 14.7 Å². The summed E-state index contributed by atoms with van der Waals surface area (Å²) in [7, 11) is 1.49. The molecular weight excluding hydrogens is 366 g/mol. The molecule has 2 aromatic carbocycles. The number of aliphatic carboxylic acids is 1. The molecule has 0 saturated heterocycles. The van der Waals surface area contributed by atoms with Crippen LogP contribution in [0.3, 0.4) is 0 Å². The zero-order valence-electron chi connectivity index (χ0n) is 14.9. The number of hydrogen-bond donors (Lipinski definition) is 2. The van der Waals surface area contributed by atoms with Crippen molar-refractivity contribution >= 4 is 23.5 Å². The Morgan fingerprint density at radius 3 is 2.78 bits per heavy atom. The zero-order valence-corrected chi connectivity index (χ0v) is 15.6. The lowest BCUT2D eigenvalue weighted by Crippen LogP contribution is -2.36. The van der Waals surface area contributed by atoms with Crippen molar-refractivity contribution in [3.8, 4) is 5.75 Å². The van der Waals surface area contributed by atoms with Crippen molar-refractivity contribution in [1.29, 1.82) is 0 Å². The number of aryl methyl sites for hydroxylation is 1. The van der Waals surface area contributed by atoms with Crippen molar-refractivity contribution in [2.24, 2.45) is 5.92 Å². The van der Waals surface area contributed by atoms with Crippen molar-refractivity contribution in [2.75, 3.05) is 7.11 Å². The van der Waals surface area contributed by atoms with Crippen LogP contribution in [0.2, 0.25) is 5.02 Å². The molecule has 5 nitrogen and oxygen atoms in total. The van der Waals surface area contributed by atoms with Crippen molar-refractivity contribution in [3.05, 3.63) is 64.2 Å². The predicted molar refractivity (Wildman–Crippen MR) is 101 cm³/mol. The van der Waals surface area contributed by atoms with Crippen LogP contribution in [-0.4, -0.2) is 24.1 Å². The van der Waals surface area contributed by atoms with Gasteiger partial charge in [0.05, 0.1) is 12.1 Å². The van der Waals surface area contributed by atoms with Gasteiger partial charge in [-0.2, -0.15) is 0 Å². The first-order valence-corrected chi connectivity index (χ1v) is 9.29. The van der Waals surface area contributed by atoms with Crippen LogP contribution in [0, 0.1) is 5.92 Å². The lowest BCUT2D eigenvalue weighted by Gasteiger charge is -2.17. The predicted octanol–water partition coefficient (Wildman–Crippen LogP) is 3.49. The van der Waals surface area contributed by atoms with E-state index in [0.717, 1.165) is 19.3 Å². The largest absolute Gasteiger partial charge is 0.495 e. The molecule has 1 saturated carbocycles. The number of ether oxygens (including phenoxy) is 1. The minimum absolute atomic E-state index is 0.124. The van der Waals surface area contributed by atoms with E-state index in [0.29, 0.717) is 16.3 Å². The van der Waals surface area contributed by atoms with Crippen molar-refractivity contribution in [2.45, 2.75) is 30.7 Å². The van der Waals surface area contributed by atoms with Crippen molar-refractivity contribution in [3.63, 3.8) is 0 Å². The van der Waals surface area contributed by atoms with Gasteiger partial charge in [-0.1, -0.05) is 41.9 Å². The Bertz CT molecular complexity index is 928. The molecule has 140 valence electrons. The van der Waals surface area contributed by atoms with Gasteiger partial charge in [-0.3, -0.25) is 4.79 Å². The molecule has 0 radical (unpaired) electrons. The van der Waals surface area contributed by atoms with Gasteiger partial charge in [0, 0.05) is 11.3 Å². The second-order valence-electron chi connectivity index (χ2n) is 7.24. The molecule has 2 aromatic rings. The summed E-state index contributed by atoms with van der Waals surface area (Å²) in [4.78, 5) is 24.6. The molecule has 0 aromatic heterocycles. The third-order valence-electron chi connectivity index (χ3n) is 5.83. The standard InChI is InChI=1S/C21H20ClNO4/c1-27-17-7-6-13(10-16(17)22)18(20(25)26)23-19(24)15-11-21(15)9-8-12-4-2-3-5-14(12)21/h2-7,10,15,18H,8-9,11H2,1H3,(H,23,24)(H,25,26). The molecule has 1 spiro atoms. The van der Waals surface area contributed by atoms with Gasteiger partial charge in [0.1, 0.15) is 5.75 Å². The summed E-state index contributed by atoms with van der Waals surface area (Å²) in [5, 5.41) is 12.6. The number of carboxylic acid groups (broad SMARTS) is 1. The number of hydrogen-bond acceptors (Lipinski definition) is 3. The molecule has 1 amide bonds. The van der Waals surface area contributed by atoms with E-state index in [2.05, 4.69) is 17.4 Å². The Labute approximate surface area is 162 Å². The first kappa shape index (κ1) is 17.9. The number of fused-ring (bicyclic) bond motifs is 2. The smallest absolute Gasteiger partial charge is 0.330 e. The summed E-state index contributed by atoms with van der Waals surface area (Å²) in [6, 6.07) is 11.8. The summed E-state index contributed by atoms with van der Waals surface area (Å²) in [6.07, 6.45) is 2.68. The topological polar surface area (TPSA) is 75.6 Å². The molecule has 27 heavy (non-hydrogen) atoms. The second kappa shape index (κ2) is 6.57. The molecule has 2 aliphatic carbocycles. The van der Waals surface area contributed by atoms with Gasteiger partial charge in [0.2, 0.25) is 5.91 Å². The number of carbonyl (C=O) groups excluding carboxylic acids is 1. The van der Waals surface area contributed by atoms with Gasteiger partial charge in [0.25, 0.3) is 0 Å². The molecule has 3 atom stereocenters. The van der Waals surface area contributed by atoms with Crippen LogP contribution in [-0.2, 0) is 21.4 Å². The number of carboxylic acids is 1. The second-order valence-corrected chi connectivity index (χ2v) is 7.65. The van der Waals surface area contributed by atoms with Gasteiger partial charge in [-0.05, 0) is 48.1 Å². The average molecular weight is 386 g/mol.